The van der Waals surface area contributed by atoms with Crippen LogP contribution in [0.2, 0.25) is 10.0 Å². The quantitative estimate of drug-likeness (QED) is 0.678. The second-order valence-corrected chi connectivity index (χ2v) is 6.60. The summed E-state index contributed by atoms with van der Waals surface area (Å²) in [6.45, 7) is 0.673. The number of hydrogen-bond donors (Lipinski definition) is 2. The van der Waals surface area contributed by atoms with Crippen molar-refractivity contribution in [3.8, 4) is 5.88 Å². The lowest BCUT2D eigenvalue weighted by Crippen LogP contribution is -2.26. The molecule has 0 saturated heterocycles. The van der Waals surface area contributed by atoms with Gasteiger partial charge in [-0.1, -0.05) is 23.2 Å². The first-order chi connectivity index (χ1) is 13.1. The number of carbonyl (C=O) groups is 1. The average Bonchev–Trinajstić information content (AvgIpc) is 3.04. The van der Waals surface area contributed by atoms with Crippen LogP contribution in [0.15, 0.2) is 30.5 Å². The standard InChI is InChI=1S/C18H18Cl2N2O5/c19-12-6-11(9-25-5-4-23)14(15(20)7-12)8-22-18(24)27-16-10-26-17-13(16)2-1-3-21-17/h1-3,6-7,16,23H,4-5,8-10H2,(H,22,24). The van der Waals surface area contributed by atoms with Gasteiger partial charge in [-0.05, 0) is 35.4 Å². The molecule has 0 fully saturated rings. The summed E-state index contributed by atoms with van der Waals surface area (Å²) < 4.78 is 16.1. The van der Waals surface area contributed by atoms with Crippen LogP contribution in [0.5, 0.6) is 5.88 Å². The van der Waals surface area contributed by atoms with Crippen molar-refractivity contribution in [2.75, 3.05) is 19.8 Å². The maximum Gasteiger partial charge on any atom is 0.408 e. The van der Waals surface area contributed by atoms with Crippen molar-refractivity contribution in [3.05, 3.63) is 57.2 Å². The molecular formula is C18H18Cl2N2O5. The third kappa shape index (κ3) is 5.01. The Morgan fingerprint density at radius 3 is 3.07 bits per heavy atom. The summed E-state index contributed by atoms with van der Waals surface area (Å²) in [5.74, 6) is 0.472. The van der Waals surface area contributed by atoms with E-state index >= 15 is 0 Å². The van der Waals surface area contributed by atoms with Crippen LogP contribution in [0, 0.1) is 0 Å². The minimum atomic E-state index is -0.603. The summed E-state index contributed by atoms with van der Waals surface area (Å²) in [7, 11) is 0. The van der Waals surface area contributed by atoms with Crippen molar-refractivity contribution >= 4 is 29.3 Å². The molecule has 27 heavy (non-hydrogen) atoms. The van der Waals surface area contributed by atoms with Gasteiger partial charge in [-0.2, -0.15) is 0 Å². The summed E-state index contributed by atoms with van der Waals surface area (Å²) in [6, 6.07) is 6.86. The highest BCUT2D eigenvalue weighted by molar-refractivity contribution is 6.35. The van der Waals surface area contributed by atoms with E-state index in [0.29, 0.717) is 21.5 Å². The van der Waals surface area contributed by atoms with Crippen molar-refractivity contribution in [1.82, 2.24) is 10.3 Å². The number of pyridine rings is 1. The number of alkyl carbamates (subject to hydrolysis) is 1. The predicted octanol–water partition coefficient (Wildman–Crippen LogP) is 3.26. The molecule has 0 saturated carbocycles. The van der Waals surface area contributed by atoms with E-state index in [2.05, 4.69) is 10.3 Å². The Kier molecular flexibility index (Phi) is 6.73. The fourth-order valence-electron chi connectivity index (χ4n) is 2.67. The van der Waals surface area contributed by atoms with Gasteiger partial charge in [0, 0.05) is 22.8 Å². The molecule has 0 spiro atoms. The lowest BCUT2D eigenvalue weighted by atomic mass is 10.1. The second kappa shape index (κ2) is 9.23. The molecule has 144 valence electrons. The Balaban J connectivity index is 1.62. The maximum absolute atomic E-state index is 12.2. The number of nitrogens with zero attached hydrogens (tertiary/aromatic N) is 1. The lowest BCUT2D eigenvalue weighted by molar-refractivity contribution is 0.0796. The molecule has 1 aliphatic rings. The van der Waals surface area contributed by atoms with Gasteiger partial charge in [0.15, 0.2) is 6.10 Å². The molecule has 2 N–H and O–H groups in total. The average molecular weight is 413 g/mol. The highest BCUT2D eigenvalue weighted by Crippen LogP contribution is 2.32. The van der Waals surface area contributed by atoms with Crippen LogP contribution in [0.25, 0.3) is 0 Å². The Hall–Kier alpha value is -2.06. The van der Waals surface area contributed by atoms with Gasteiger partial charge in [-0.25, -0.2) is 9.78 Å². The Morgan fingerprint density at radius 1 is 1.41 bits per heavy atom. The van der Waals surface area contributed by atoms with Crippen molar-refractivity contribution in [1.29, 1.82) is 0 Å². The Bertz CT molecular complexity index is 818. The fraction of sp³-hybridized carbons (Fsp3) is 0.333. The molecule has 7 nitrogen and oxygen atoms in total. The van der Waals surface area contributed by atoms with Crippen molar-refractivity contribution in [2.45, 2.75) is 19.3 Å². The number of amides is 1. The number of aromatic nitrogens is 1. The number of halogens is 2. The third-order valence-electron chi connectivity index (χ3n) is 3.92. The number of carbonyl (C=O) groups excluding carboxylic acids is 1. The summed E-state index contributed by atoms with van der Waals surface area (Å²) in [4.78, 5) is 16.3. The minimum absolute atomic E-state index is 0.0893. The van der Waals surface area contributed by atoms with E-state index in [1.54, 1.807) is 30.5 Å². The van der Waals surface area contributed by atoms with Crippen LogP contribution in [0.1, 0.15) is 22.8 Å². The zero-order valence-electron chi connectivity index (χ0n) is 14.3. The molecule has 1 unspecified atom stereocenters. The highest BCUT2D eigenvalue weighted by Gasteiger charge is 2.28. The number of nitrogens with one attached hydrogen (secondary N) is 1. The molecule has 1 aromatic heterocycles. The Labute approximate surface area is 166 Å². The fourth-order valence-corrected chi connectivity index (χ4v) is 3.27. The molecule has 1 amide bonds. The van der Waals surface area contributed by atoms with Crippen LogP contribution >= 0.6 is 23.2 Å². The monoisotopic (exact) mass is 412 g/mol. The Morgan fingerprint density at radius 2 is 2.26 bits per heavy atom. The molecule has 3 rings (SSSR count). The van der Waals surface area contributed by atoms with Gasteiger partial charge in [0.2, 0.25) is 5.88 Å². The lowest BCUT2D eigenvalue weighted by Gasteiger charge is -2.15. The van der Waals surface area contributed by atoms with E-state index in [0.717, 1.165) is 11.1 Å². The molecule has 0 aliphatic carbocycles. The van der Waals surface area contributed by atoms with Gasteiger partial charge in [0.25, 0.3) is 0 Å². The van der Waals surface area contributed by atoms with Crippen molar-refractivity contribution in [2.24, 2.45) is 0 Å². The summed E-state index contributed by atoms with van der Waals surface area (Å²) >= 11 is 12.3. The zero-order valence-corrected chi connectivity index (χ0v) is 15.8. The van der Waals surface area contributed by atoms with Gasteiger partial charge in [-0.15, -0.1) is 0 Å². The number of benzene rings is 1. The molecule has 2 aromatic rings. The molecular weight excluding hydrogens is 395 g/mol. The molecule has 1 aliphatic heterocycles. The number of aliphatic hydroxyl groups is 1. The molecule has 1 atom stereocenters. The first-order valence-corrected chi connectivity index (χ1v) is 9.01. The van der Waals surface area contributed by atoms with E-state index < -0.39 is 12.2 Å². The molecule has 0 bridgehead atoms. The van der Waals surface area contributed by atoms with E-state index in [1.807, 2.05) is 0 Å². The van der Waals surface area contributed by atoms with Gasteiger partial charge in [-0.3, -0.25) is 0 Å². The minimum Gasteiger partial charge on any atom is -0.473 e. The van der Waals surface area contributed by atoms with Crippen LogP contribution in [0.3, 0.4) is 0 Å². The molecule has 0 radical (unpaired) electrons. The van der Waals surface area contributed by atoms with Gasteiger partial charge >= 0.3 is 6.09 Å². The van der Waals surface area contributed by atoms with Crippen molar-refractivity contribution < 1.29 is 24.1 Å². The molecule has 2 heterocycles. The van der Waals surface area contributed by atoms with E-state index in [9.17, 15) is 4.79 Å². The number of aliphatic hydroxyl groups excluding tert-OH is 1. The van der Waals surface area contributed by atoms with Gasteiger partial charge in [0.1, 0.15) is 6.61 Å². The first-order valence-electron chi connectivity index (χ1n) is 8.26. The van der Waals surface area contributed by atoms with Crippen molar-refractivity contribution in [3.63, 3.8) is 0 Å². The van der Waals surface area contributed by atoms with E-state index in [-0.39, 0.29) is 33.0 Å². The number of rotatable bonds is 7. The summed E-state index contributed by atoms with van der Waals surface area (Å²) in [5.41, 5.74) is 2.12. The largest absolute Gasteiger partial charge is 0.473 e. The third-order valence-corrected chi connectivity index (χ3v) is 4.48. The highest BCUT2D eigenvalue weighted by atomic mass is 35.5. The summed E-state index contributed by atoms with van der Waals surface area (Å²) in [5, 5.41) is 12.4. The molecule has 9 heteroatoms. The second-order valence-electron chi connectivity index (χ2n) is 5.76. The zero-order chi connectivity index (χ0) is 19.2. The van der Waals surface area contributed by atoms with Gasteiger partial charge < -0.3 is 24.6 Å². The SMILES string of the molecule is O=C(NCc1c(Cl)cc(Cl)cc1COCCO)OC1COc2ncccc21. The smallest absolute Gasteiger partial charge is 0.408 e. The topological polar surface area (TPSA) is 89.9 Å². The van der Waals surface area contributed by atoms with E-state index in [4.69, 9.17) is 42.5 Å². The predicted molar refractivity (Wildman–Crippen MR) is 99.0 cm³/mol. The molecule has 1 aromatic carbocycles. The first kappa shape index (κ1) is 19.7. The maximum atomic E-state index is 12.2. The number of hydrogen-bond acceptors (Lipinski definition) is 6. The van der Waals surface area contributed by atoms with Crippen LogP contribution in [-0.4, -0.2) is 36.0 Å². The van der Waals surface area contributed by atoms with Crippen LogP contribution in [-0.2, 0) is 22.6 Å². The number of ether oxygens (including phenoxy) is 3. The van der Waals surface area contributed by atoms with Crippen LogP contribution < -0.4 is 10.1 Å². The van der Waals surface area contributed by atoms with E-state index in [1.165, 1.54) is 0 Å². The van der Waals surface area contributed by atoms with Gasteiger partial charge in [0.05, 0.1) is 25.4 Å². The van der Waals surface area contributed by atoms with Crippen LogP contribution in [0.4, 0.5) is 4.79 Å². The number of fused-ring (bicyclic) bond motifs is 1. The summed E-state index contributed by atoms with van der Waals surface area (Å²) in [6.07, 6.45) is 0.500. The normalized spacial score (nSPS) is 15.1.